The van der Waals surface area contributed by atoms with Gasteiger partial charge in [-0.15, -0.1) is 0 Å². The standard InChI is InChI=1S/C16H17FN2O/c1-12-10-19(16-9-5-8-15(17)18-16)11-14(20-12)13-6-3-2-4-7-13/h2-9,12,14H,10-11H2,1H3. The normalized spacial score (nSPS) is 22.8. The van der Waals surface area contributed by atoms with E-state index in [2.05, 4.69) is 22.0 Å². The van der Waals surface area contributed by atoms with Gasteiger partial charge in [-0.1, -0.05) is 36.4 Å². The fourth-order valence-electron chi connectivity index (χ4n) is 2.56. The number of pyridine rings is 1. The van der Waals surface area contributed by atoms with Crippen molar-refractivity contribution in [2.45, 2.75) is 19.1 Å². The maximum Gasteiger partial charge on any atom is 0.214 e. The molecule has 1 aromatic carbocycles. The Hall–Kier alpha value is -1.94. The Morgan fingerprint density at radius 2 is 1.90 bits per heavy atom. The van der Waals surface area contributed by atoms with Crippen LogP contribution in [0.2, 0.25) is 0 Å². The molecule has 4 heteroatoms. The van der Waals surface area contributed by atoms with E-state index in [9.17, 15) is 4.39 Å². The number of aromatic nitrogens is 1. The van der Waals surface area contributed by atoms with Gasteiger partial charge in [0.1, 0.15) is 11.9 Å². The summed E-state index contributed by atoms with van der Waals surface area (Å²) < 4.78 is 19.3. The molecule has 2 unspecified atom stereocenters. The van der Waals surface area contributed by atoms with Crippen LogP contribution in [0.25, 0.3) is 0 Å². The van der Waals surface area contributed by atoms with E-state index in [1.54, 1.807) is 6.07 Å². The fourth-order valence-corrected chi connectivity index (χ4v) is 2.56. The minimum absolute atomic E-state index is 0.00924. The van der Waals surface area contributed by atoms with Gasteiger partial charge >= 0.3 is 0 Å². The molecular formula is C16H17FN2O. The zero-order valence-corrected chi connectivity index (χ0v) is 11.4. The highest BCUT2D eigenvalue weighted by molar-refractivity contribution is 5.39. The largest absolute Gasteiger partial charge is 0.367 e. The molecule has 3 rings (SSSR count). The average molecular weight is 272 g/mol. The van der Waals surface area contributed by atoms with Crippen molar-refractivity contribution in [2.24, 2.45) is 0 Å². The number of nitrogens with zero attached hydrogens (tertiary/aromatic N) is 2. The van der Waals surface area contributed by atoms with Crippen LogP contribution in [0.1, 0.15) is 18.6 Å². The van der Waals surface area contributed by atoms with Crippen molar-refractivity contribution >= 4 is 5.82 Å². The van der Waals surface area contributed by atoms with Gasteiger partial charge in [0.2, 0.25) is 5.95 Å². The lowest BCUT2D eigenvalue weighted by molar-refractivity contribution is -0.0176. The lowest BCUT2D eigenvalue weighted by atomic mass is 10.1. The Kier molecular flexibility index (Phi) is 3.65. The van der Waals surface area contributed by atoms with Crippen molar-refractivity contribution in [1.29, 1.82) is 0 Å². The van der Waals surface area contributed by atoms with Crippen molar-refractivity contribution in [3.05, 3.63) is 60.0 Å². The van der Waals surface area contributed by atoms with E-state index in [1.165, 1.54) is 6.07 Å². The Morgan fingerprint density at radius 1 is 1.10 bits per heavy atom. The van der Waals surface area contributed by atoms with Crippen LogP contribution in [0.5, 0.6) is 0 Å². The summed E-state index contributed by atoms with van der Waals surface area (Å²) in [4.78, 5) is 6.04. The van der Waals surface area contributed by atoms with Gasteiger partial charge in [0.15, 0.2) is 0 Å². The molecule has 1 aliphatic rings. The zero-order chi connectivity index (χ0) is 13.9. The van der Waals surface area contributed by atoms with Gasteiger partial charge in [-0.2, -0.15) is 4.39 Å². The number of anilines is 1. The SMILES string of the molecule is CC1CN(c2cccc(F)n2)CC(c2ccccc2)O1. The van der Waals surface area contributed by atoms with Crippen LogP contribution in [0.4, 0.5) is 10.2 Å². The third-order valence-electron chi connectivity index (χ3n) is 3.46. The topological polar surface area (TPSA) is 25.4 Å². The van der Waals surface area contributed by atoms with Gasteiger partial charge < -0.3 is 9.64 Å². The van der Waals surface area contributed by atoms with E-state index >= 15 is 0 Å². The van der Waals surface area contributed by atoms with E-state index in [0.717, 1.165) is 12.1 Å². The Balaban J connectivity index is 1.83. The van der Waals surface area contributed by atoms with Crippen LogP contribution in [-0.2, 0) is 4.74 Å². The molecule has 1 fully saturated rings. The van der Waals surface area contributed by atoms with E-state index in [1.807, 2.05) is 31.2 Å². The van der Waals surface area contributed by atoms with Crippen molar-refractivity contribution in [1.82, 2.24) is 4.98 Å². The van der Waals surface area contributed by atoms with Gasteiger partial charge in [-0.3, -0.25) is 0 Å². The molecular weight excluding hydrogens is 255 g/mol. The molecule has 3 nitrogen and oxygen atoms in total. The number of ether oxygens (including phenoxy) is 1. The summed E-state index contributed by atoms with van der Waals surface area (Å²) in [5.41, 5.74) is 1.14. The average Bonchev–Trinajstić information content (AvgIpc) is 2.47. The van der Waals surface area contributed by atoms with E-state index in [4.69, 9.17) is 4.74 Å². The molecule has 0 bridgehead atoms. The Bertz CT molecular complexity index is 576. The van der Waals surface area contributed by atoms with Crippen LogP contribution < -0.4 is 4.90 Å². The minimum atomic E-state index is -0.446. The molecule has 2 atom stereocenters. The molecule has 20 heavy (non-hydrogen) atoms. The second kappa shape index (κ2) is 5.59. The molecule has 1 saturated heterocycles. The van der Waals surface area contributed by atoms with Crippen molar-refractivity contribution in [3.8, 4) is 0 Å². The number of benzene rings is 1. The van der Waals surface area contributed by atoms with E-state index in [-0.39, 0.29) is 12.2 Å². The van der Waals surface area contributed by atoms with Crippen molar-refractivity contribution < 1.29 is 9.13 Å². The second-order valence-corrected chi connectivity index (χ2v) is 5.07. The van der Waals surface area contributed by atoms with Crippen LogP contribution in [0, 0.1) is 5.95 Å². The maximum atomic E-state index is 13.3. The van der Waals surface area contributed by atoms with Crippen LogP contribution in [0.3, 0.4) is 0 Å². The number of hydrogen-bond acceptors (Lipinski definition) is 3. The monoisotopic (exact) mass is 272 g/mol. The number of halogens is 1. The molecule has 2 aromatic rings. The highest BCUT2D eigenvalue weighted by atomic mass is 19.1. The van der Waals surface area contributed by atoms with Crippen molar-refractivity contribution in [3.63, 3.8) is 0 Å². The number of rotatable bonds is 2. The zero-order valence-electron chi connectivity index (χ0n) is 11.4. The summed E-state index contributed by atoms with van der Waals surface area (Å²) in [5.74, 6) is 0.221. The highest BCUT2D eigenvalue weighted by Crippen LogP contribution is 2.27. The Labute approximate surface area is 118 Å². The summed E-state index contributed by atoms with van der Waals surface area (Å²) in [6.45, 7) is 3.44. The van der Waals surface area contributed by atoms with Gasteiger partial charge in [0, 0.05) is 13.1 Å². The maximum absolute atomic E-state index is 13.3. The van der Waals surface area contributed by atoms with Gasteiger partial charge in [-0.05, 0) is 24.6 Å². The summed E-state index contributed by atoms with van der Waals surface area (Å²) in [6, 6.07) is 15.0. The molecule has 0 aliphatic carbocycles. The van der Waals surface area contributed by atoms with Gasteiger partial charge in [0.25, 0.3) is 0 Å². The summed E-state index contributed by atoms with van der Waals surface area (Å²) in [5, 5.41) is 0. The first kappa shape index (κ1) is 13.1. The van der Waals surface area contributed by atoms with Crippen LogP contribution >= 0.6 is 0 Å². The Morgan fingerprint density at radius 3 is 2.65 bits per heavy atom. The molecule has 1 aromatic heterocycles. The first-order chi connectivity index (χ1) is 9.72. The first-order valence-electron chi connectivity index (χ1n) is 6.80. The molecule has 0 saturated carbocycles. The summed E-state index contributed by atoms with van der Waals surface area (Å²) in [6.07, 6.45) is 0.0732. The smallest absolute Gasteiger partial charge is 0.214 e. The second-order valence-electron chi connectivity index (χ2n) is 5.07. The lowest BCUT2D eigenvalue weighted by Gasteiger charge is -2.37. The molecule has 0 amide bonds. The van der Waals surface area contributed by atoms with E-state index in [0.29, 0.717) is 12.4 Å². The van der Waals surface area contributed by atoms with Crippen LogP contribution in [-0.4, -0.2) is 24.2 Å². The number of hydrogen-bond donors (Lipinski definition) is 0. The molecule has 0 N–H and O–H groups in total. The lowest BCUT2D eigenvalue weighted by Crippen LogP contribution is -2.43. The third-order valence-corrected chi connectivity index (χ3v) is 3.46. The minimum Gasteiger partial charge on any atom is -0.367 e. The fraction of sp³-hybridized carbons (Fsp3) is 0.312. The molecule has 2 heterocycles. The van der Waals surface area contributed by atoms with Gasteiger partial charge in [-0.25, -0.2) is 4.98 Å². The summed E-state index contributed by atoms with van der Waals surface area (Å²) >= 11 is 0. The summed E-state index contributed by atoms with van der Waals surface area (Å²) in [7, 11) is 0. The third kappa shape index (κ3) is 2.80. The van der Waals surface area contributed by atoms with Crippen LogP contribution in [0.15, 0.2) is 48.5 Å². The first-order valence-corrected chi connectivity index (χ1v) is 6.80. The molecule has 104 valence electrons. The molecule has 0 radical (unpaired) electrons. The predicted molar refractivity (Wildman–Crippen MR) is 76.1 cm³/mol. The molecule has 0 spiro atoms. The number of morpholine rings is 1. The highest BCUT2D eigenvalue weighted by Gasteiger charge is 2.27. The van der Waals surface area contributed by atoms with E-state index < -0.39 is 5.95 Å². The predicted octanol–water partition coefficient (Wildman–Crippen LogP) is 3.19. The van der Waals surface area contributed by atoms with Crippen molar-refractivity contribution in [2.75, 3.05) is 18.0 Å². The quantitative estimate of drug-likeness (QED) is 0.785. The van der Waals surface area contributed by atoms with Gasteiger partial charge in [0.05, 0.1) is 6.10 Å². The molecule has 1 aliphatic heterocycles.